The molecule has 0 aliphatic carbocycles. The molecule has 1 aromatic rings. The zero-order chi connectivity index (χ0) is 15.9. The van der Waals surface area contributed by atoms with E-state index in [9.17, 15) is 14.4 Å². The molecule has 9 nitrogen and oxygen atoms in total. The number of carbonyl (C=O) groups is 2. The number of rotatable bonds is 3. The van der Waals surface area contributed by atoms with E-state index in [4.69, 9.17) is 18.9 Å². The Morgan fingerprint density at radius 3 is 2.82 bits per heavy atom. The highest BCUT2D eigenvalue weighted by Crippen LogP contribution is 2.40. The second-order valence-corrected chi connectivity index (χ2v) is 4.98. The monoisotopic (exact) mass is 310 g/mol. The molecule has 0 radical (unpaired) electrons. The van der Waals surface area contributed by atoms with Crippen molar-refractivity contribution in [3.8, 4) is 6.01 Å². The van der Waals surface area contributed by atoms with Gasteiger partial charge in [0.1, 0.15) is 12.7 Å². The largest absolute Gasteiger partial charge is 0.463 e. The Labute approximate surface area is 124 Å². The summed E-state index contributed by atoms with van der Waals surface area (Å²) in [5, 5.41) is 0. The van der Waals surface area contributed by atoms with Crippen LogP contribution < -0.4 is 10.3 Å². The quantitative estimate of drug-likeness (QED) is 0.681. The summed E-state index contributed by atoms with van der Waals surface area (Å²) in [4.78, 5) is 37.2. The lowest BCUT2D eigenvalue weighted by molar-refractivity contribution is -0.157. The van der Waals surface area contributed by atoms with Crippen molar-refractivity contribution in [1.29, 1.82) is 0 Å². The zero-order valence-corrected chi connectivity index (χ0v) is 11.9. The topological polar surface area (TPSA) is 106 Å². The number of fused-ring (bicyclic) bond motifs is 3. The number of carbonyl (C=O) groups excluding carboxylic acids is 2. The summed E-state index contributed by atoms with van der Waals surface area (Å²) in [6.07, 6.45) is -1.19. The molecule has 2 aliphatic heterocycles. The predicted octanol–water partition coefficient (Wildman–Crippen LogP) is -0.604. The number of esters is 2. The molecule has 0 aromatic carbocycles. The predicted molar refractivity (Wildman–Crippen MR) is 69.0 cm³/mol. The van der Waals surface area contributed by atoms with E-state index in [2.05, 4.69) is 4.98 Å². The highest BCUT2D eigenvalue weighted by atomic mass is 16.7. The summed E-state index contributed by atoms with van der Waals surface area (Å²) >= 11 is 0. The third kappa shape index (κ3) is 2.54. The fraction of sp³-hybridized carbons (Fsp3) is 0.538. The normalized spacial score (nSPS) is 28.5. The molecule has 0 saturated carbocycles. The highest BCUT2D eigenvalue weighted by Gasteiger charge is 2.54. The molecule has 22 heavy (non-hydrogen) atoms. The molecule has 2 aliphatic rings. The Bertz CT molecular complexity index is 671. The first-order valence-electron chi connectivity index (χ1n) is 6.67. The summed E-state index contributed by atoms with van der Waals surface area (Å²) in [5.74, 6) is -0.974. The SMILES string of the molecule is CC(=O)OC[C@H]1O[C@@H]2C(Oc3nc(=O)ccn32)[C@H]1OC(C)=O. The van der Waals surface area contributed by atoms with Crippen molar-refractivity contribution in [2.24, 2.45) is 0 Å². The number of nitrogens with zero attached hydrogens (tertiary/aromatic N) is 2. The van der Waals surface area contributed by atoms with E-state index >= 15 is 0 Å². The van der Waals surface area contributed by atoms with Gasteiger partial charge in [-0.2, -0.15) is 4.98 Å². The molecule has 0 amide bonds. The van der Waals surface area contributed by atoms with E-state index in [-0.39, 0.29) is 12.6 Å². The van der Waals surface area contributed by atoms with Gasteiger partial charge in [0.2, 0.25) is 0 Å². The average Bonchev–Trinajstić information content (AvgIpc) is 2.92. The van der Waals surface area contributed by atoms with E-state index in [1.165, 1.54) is 30.7 Å². The average molecular weight is 310 g/mol. The minimum Gasteiger partial charge on any atom is -0.463 e. The van der Waals surface area contributed by atoms with E-state index in [0.717, 1.165) is 0 Å². The molecule has 1 unspecified atom stereocenters. The van der Waals surface area contributed by atoms with Crippen LogP contribution in [0.15, 0.2) is 17.1 Å². The van der Waals surface area contributed by atoms with Gasteiger partial charge in [-0.05, 0) is 0 Å². The summed E-state index contributed by atoms with van der Waals surface area (Å²) < 4.78 is 23.0. The maximum absolute atomic E-state index is 11.3. The lowest BCUT2D eigenvalue weighted by Crippen LogP contribution is -2.39. The van der Waals surface area contributed by atoms with Gasteiger partial charge in [0, 0.05) is 26.1 Å². The van der Waals surface area contributed by atoms with Crippen LogP contribution in [-0.2, 0) is 23.8 Å². The van der Waals surface area contributed by atoms with E-state index in [1.54, 1.807) is 0 Å². The van der Waals surface area contributed by atoms with Gasteiger partial charge >= 0.3 is 17.9 Å². The van der Waals surface area contributed by atoms with Gasteiger partial charge in [0.15, 0.2) is 18.4 Å². The molecule has 3 rings (SSSR count). The Morgan fingerprint density at radius 2 is 2.14 bits per heavy atom. The maximum atomic E-state index is 11.3. The molecule has 3 heterocycles. The van der Waals surface area contributed by atoms with E-state index in [1.807, 2.05) is 0 Å². The Balaban J connectivity index is 1.84. The second-order valence-electron chi connectivity index (χ2n) is 4.98. The Hall–Kier alpha value is -2.42. The van der Waals surface area contributed by atoms with Crippen LogP contribution in [0.1, 0.15) is 20.1 Å². The van der Waals surface area contributed by atoms with Crippen LogP contribution in [0.2, 0.25) is 0 Å². The van der Waals surface area contributed by atoms with Gasteiger partial charge in [0.25, 0.3) is 5.56 Å². The van der Waals surface area contributed by atoms with Gasteiger partial charge in [-0.15, -0.1) is 0 Å². The molecule has 9 heteroatoms. The molecule has 1 saturated heterocycles. The van der Waals surface area contributed by atoms with Gasteiger partial charge < -0.3 is 18.9 Å². The van der Waals surface area contributed by atoms with Crippen LogP contribution in [0.25, 0.3) is 0 Å². The lowest BCUT2D eigenvalue weighted by atomic mass is 10.1. The summed E-state index contributed by atoms with van der Waals surface area (Å²) in [6.45, 7) is 2.48. The van der Waals surface area contributed by atoms with Crippen molar-refractivity contribution < 1.29 is 28.5 Å². The summed E-state index contributed by atoms with van der Waals surface area (Å²) in [5.41, 5.74) is -0.438. The summed E-state index contributed by atoms with van der Waals surface area (Å²) in [7, 11) is 0. The Kier molecular flexibility index (Phi) is 3.57. The standard InChI is InChI=1S/C13H14N2O7/c1-6(16)19-5-8-10(20-7(2)17)11-12(21-8)15-4-3-9(18)14-13(15)22-11/h3-4,8,10-12H,5H2,1-2H3/t8-,10+,11?,12-/m1/s1. The molecule has 0 bridgehead atoms. The van der Waals surface area contributed by atoms with Crippen LogP contribution in [0.5, 0.6) is 6.01 Å². The molecule has 0 spiro atoms. The van der Waals surface area contributed by atoms with Gasteiger partial charge in [-0.3, -0.25) is 19.0 Å². The fourth-order valence-corrected chi connectivity index (χ4v) is 2.52. The van der Waals surface area contributed by atoms with Gasteiger partial charge in [-0.25, -0.2) is 0 Å². The van der Waals surface area contributed by atoms with Crippen LogP contribution >= 0.6 is 0 Å². The summed E-state index contributed by atoms with van der Waals surface area (Å²) in [6, 6.07) is 1.38. The van der Waals surface area contributed by atoms with Crippen LogP contribution in [0.4, 0.5) is 0 Å². The number of hydrogen-bond donors (Lipinski definition) is 0. The van der Waals surface area contributed by atoms with E-state index < -0.39 is 42.0 Å². The molecule has 1 fully saturated rings. The molecular formula is C13H14N2O7. The maximum Gasteiger partial charge on any atom is 0.303 e. The second kappa shape index (κ2) is 5.41. The molecule has 1 aromatic heterocycles. The van der Waals surface area contributed by atoms with Crippen molar-refractivity contribution >= 4 is 11.9 Å². The zero-order valence-electron chi connectivity index (χ0n) is 11.9. The van der Waals surface area contributed by atoms with Gasteiger partial charge in [0.05, 0.1) is 0 Å². The minimum absolute atomic E-state index is 0.0629. The van der Waals surface area contributed by atoms with Crippen molar-refractivity contribution in [1.82, 2.24) is 9.55 Å². The van der Waals surface area contributed by atoms with Crippen molar-refractivity contribution in [3.63, 3.8) is 0 Å². The van der Waals surface area contributed by atoms with E-state index in [0.29, 0.717) is 0 Å². The fourth-order valence-electron chi connectivity index (χ4n) is 2.52. The third-order valence-corrected chi connectivity index (χ3v) is 3.36. The Morgan fingerprint density at radius 1 is 1.36 bits per heavy atom. The molecular weight excluding hydrogens is 296 g/mol. The van der Waals surface area contributed by atoms with Crippen molar-refractivity contribution in [2.75, 3.05) is 6.61 Å². The van der Waals surface area contributed by atoms with Crippen LogP contribution in [-0.4, -0.2) is 46.4 Å². The van der Waals surface area contributed by atoms with Crippen molar-refractivity contribution in [3.05, 3.63) is 22.6 Å². The number of hydrogen-bond acceptors (Lipinski definition) is 8. The van der Waals surface area contributed by atoms with Crippen LogP contribution in [0.3, 0.4) is 0 Å². The van der Waals surface area contributed by atoms with Crippen molar-refractivity contribution in [2.45, 2.75) is 38.4 Å². The van der Waals surface area contributed by atoms with Gasteiger partial charge in [-0.1, -0.05) is 0 Å². The number of ether oxygens (including phenoxy) is 4. The number of aromatic nitrogens is 2. The molecule has 0 N–H and O–H groups in total. The third-order valence-electron chi connectivity index (χ3n) is 3.36. The smallest absolute Gasteiger partial charge is 0.303 e. The molecule has 4 atom stereocenters. The first kappa shape index (κ1) is 14.5. The lowest BCUT2D eigenvalue weighted by Gasteiger charge is -2.20. The highest BCUT2D eigenvalue weighted by molar-refractivity contribution is 5.66. The minimum atomic E-state index is -0.765. The first-order chi connectivity index (χ1) is 10.5. The first-order valence-corrected chi connectivity index (χ1v) is 6.67. The molecule has 118 valence electrons. The van der Waals surface area contributed by atoms with Crippen LogP contribution in [0, 0.1) is 0 Å².